The first-order valence-electron chi connectivity index (χ1n) is 10.1. The fourth-order valence-corrected chi connectivity index (χ4v) is 3.92. The largest absolute Gasteiger partial charge is 0.444 e. The van der Waals surface area contributed by atoms with Crippen molar-refractivity contribution in [2.75, 3.05) is 0 Å². The van der Waals surface area contributed by atoms with E-state index >= 15 is 0 Å². The number of ether oxygens (including phenoxy) is 1. The highest BCUT2D eigenvalue weighted by atomic mass is 16.6. The fraction of sp³-hybridized carbons (Fsp3) is 0.609. The van der Waals surface area contributed by atoms with E-state index in [-0.39, 0.29) is 6.04 Å². The standard InChI is InChI=1S/C23H35NO3/c1-5-18-13-9-10-14-19(18)16-21(25)20(15-17-11-7-6-8-12-17)24-22(26)27-23(2,3)4/h5-8,11-12,18-21,25H,1,9-10,13-16H2,2-4H3,(H,24,26)/t18-,19+,20+,21-/m1/s1. The number of carbonyl (C=O) groups excluding carboxylic acids is 1. The summed E-state index contributed by atoms with van der Waals surface area (Å²) in [6.07, 6.45) is 6.86. The van der Waals surface area contributed by atoms with Crippen molar-refractivity contribution in [2.45, 2.75) is 77.0 Å². The topological polar surface area (TPSA) is 58.6 Å². The van der Waals surface area contributed by atoms with Crippen molar-refractivity contribution in [3.8, 4) is 0 Å². The SMILES string of the molecule is C=C[C@@H]1CCCC[C@H]1C[C@@H](O)[C@H](Cc1ccccc1)NC(=O)OC(C)(C)C. The van der Waals surface area contributed by atoms with E-state index in [2.05, 4.69) is 11.9 Å². The summed E-state index contributed by atoms with van der Waals surface area (Å²) in [6, 6.07) is 9.57. The number of benzene rings is 1. The summed E-state index contributed by atoms with van der Waals surface area (Å²) in [6.45, 7) is 9.49. The van der Waals surface area contributed by atoms with Gasteiger partial charge in [0.25, 0.3) is 0 Å². The Morgan fingerprint density at radius 1 is 1.30 bits per heavy atom. The molecule has 1 fully saturated rings. The van der Waals surface area contributed by atoms with Crippen molar-refractivity contribution in [1.82, 2.24) is 5.32 Å². The number of rotatable bonds is 7. The van der Waals surface area contributed by atoms with Crippen LogP contribution in [-0.2, 0) is 11.2 Å². The summed E-state index contributed by atoms with van der Waals surface area (Å²) >= 11 is 0. The predicted octanol–water partition coefficient (Wildman–Crippen LogP) is 4.87. The van der Waals surface area contributed by atoms with Crippen LogP contribution in [-0.4, -0.2) is 28.9 Å². The predicted molar refractivity (Wildman–Crippen MR) is 110 cm³/mol. The van der Waals surface area contributed by atoms with Crippen LogP contribution in [0.1, 0.15) is 58.4 Å². The van der Waals surface area contributed by atoms with Crippen LogP contribution in [0, 0.1) is 11.8 Å². The Labute approximate surface area is 164 Å². The van der Waals surface area contributed by atoms with E-state index in [4.69, 9.17) is 4.74 Å². The molecular weight excluding hydrogens is 338 g/mol. The van der Waals surface area contributed by atoms with Gasteiger partial charge in [-0.1, -0.05) is 49.2 Å². The molecule has 4 heteroatoms. The molecule has 1 aliphatic rings. The molecule has 1 aromatic rings. The number of nitrogens with one attached hydrogen (secondary N) is 1. The van der Waals surface area contributed by atoms with Crippen LogP contribution in [0.25, 0.3) is 0 Å². The molecule has 150 valence electrons. The first-order chi connectivity index (χ1) is 12.8. The third kappa shape index (κ3) is 7.37. The Morgan fingerprint density at radius 3 is 2.59 bits per heavy atom. The number of amides is 1. The molecule has 0 aliphatic heterocycles. The number of aliphatic hydroxyl groups is 1. The van der Waals surface area contributed by atoms with Gasteiger partial charge in [-0.25, -0.2) is 4.79 Å². The molecule has 0 unspecified atom stereocenters. The van der Waals surface area contributed by atoms with Crippen molar-refractivity contribution in [3.63, 3.8) is 0 Å². The maximum absolute atomic E-state index is 12.3. The van der Waals surface area contributed by atoms with Crippen molar-refractivity contribution in [1.29, 1.82) is 0 Å². The van der Waals surface area contributed by atoms with Crippen LogP contribution in [0.4, 0.5) is 4.79 Å². The van der Waals surface area contributed by atoms with E-state index in [1.165, 1.54) is 12.8 Å². The van der Waals surface area contributed by atoms with Gasteiger partial charge in [-0.15, -0.1) is 6.58 Å². The Balaban J connectivity index is 2.07. The van der Waals surface area contributed by atoms with E-state index in [1.807, 2.05) is 57.2 Å². The summed E-state index contributed by atoms with van der Waals surface area (Å²) < 4.78 is 5.41. The van der Waals surface area contributed by atoms with Crippen LogP contribution in [0.15, 0.2) is 43.0 Å². The number of hydrogen-bond acceptors (Lipinski definition) is 3. The lowest BCUT2D eigenvalue weighted by Gasteiger charge is -2.34. The average molecular weight is 374 g/mol. The molecule has 1 saturated carbocycles. The smallest absolute Gasteiger partial charge is 0.407 e. The molecule has 1 aliphatic carbocycles. The third-order valence-corrected chi connectivity index (χ3v) is 5.28. The first-order valence-corrected chi connectivity index (χ1v) is 10.1. The monoisotopic (exact) mass is 373 g/mol. The molecule has 2 N–H and O–H groups in total. The Kier molecular flexibility index (Phi) is 7.91. The van der Waals surface area contributed by atoms with Gasteiger partial charge in [0.1, 0.15) is 5.60 Å². The average Bonchev–Trinajstić information content (AvgIpc) is 2.61. The van der Waals surface area contributed by atoms with E-state index in [1.54, 1.807) is 0 Å². The molecule has 0 spiro atoms. The molecule has 4 atom stereocenters. The van der Waals surface area contributed by atoms with Gasteiger partial charge in [0.15, 0.2) is 0 Å². The van der Waals surface area contributed by atoms with Crippen molar-refractivity contribution < 1.29 is 14.6 Å². The normalized spacial score (nSPS) is 22.5. The lowest BCUT2D eigenvalue weighted by Crippen LogP contribution is -2.47. The Bertz CT molecular complexity index is 593. The van der Waals surface area contributed by atoms with Gasteiger partial charge < -0.3 is 15.2 Å². The van der Waals surface area contributed by atoms with Crippen molar-refractivity contribution in [3.05, 3.63) is 48.6 Å². The number of carbonyl (C=O) groups is 1. The first kappa shape index (κ1) is 21.5. The highest BCUT2D eigenvalue weighted by Crippen LogP contribution is 2.34. The van der Waals surface area contributed by atoms with Crippen LogP contribution in [0.3, 0.4) is 0 Å². The highest BCUT2D eigenvalue weighted by Gasteiger charge is 2.30. The minimum Gasteiger partial charge on any atom is -0.444 e. The molecule has 0 saturated heterocycles. The van der Waals surface area contributed by atoms with E-state index in [9.17, 15) is 9.90 Å². The zero-order chi connectivity index (χ0) is 19.9. The van der Waals surface area contributed by atoms with Gasteiger partial charge in [-0.2, -0.15) is 0 Å². The molecular formula is C23H35NO3. The quantitative estimate of drug-likeness (QED) is 0.671. The minimum absolute atomic E-state index is 0.380. The third-order valence-electron chi connectivity index (χ3n) is 5.28. The number of allylic oxidation sites excluding steroid dienone is 1. The molecule has 27 heavy (non-hydrogen) atoms. The molecule has 0 bridgehead atoms. The second-order valence-corrected chi connectivity index (χ2v) is 8.69. The second kappa shape index (κ2) is 9.93. The summed E-state index contributed by atoms with van der Waals surface area (Å²) in [5, 5.41) is 13.9. The Morgan fingerprint density at radius 2 is 1.96 bits per heavy atom. The zero-order valence-electron chi connectivity index (χ0n) is 17.0. The lowest BCUT2D eigenvalue weighted by molar-refractivity contribution is 0.0367. The summed E-state index contributed by atoms with van der Waals surface area (Å²) in [5.74, 6) is 0.872. The van der Waals surface area contributed by atoms with E-state index in [0.29, 0.717) is 24.7 Å². The van der Waals surface area contributed by atoms with Gasteiger partial charge in [-0.3, -0.25) is 0 Å². The van der Waals surface area contributed by atoms with Crippen LogP contribution in [0.2, 0.25) is 0 Å². The number of aliphatic hydroxyl groups excluding tert-OH is 1. The molecule has 1 amide bonds. The van der Waals surface area contributed by atoms with Crippen molar-refractivity contribution >= 4 is 6.09 Å². The second-order valence-electron chi connectivity index (χ2n) is 8.69. The molecule has 0 heterocycles. The van der Waals surface area contributed by atoms with E-state index in [0.717, 1.165) is 18.4 Å². The van der Waals surface area contributed by atoms with Gasteiger partial charge in [0.05, 0.1) is 12.1 Å². The molecule has 4 nitrogen and oxygen atoms in total. The van der Waals surface area contributed by atoms with Gasteiger partial charge in [0, 0.05) is 0 Å². The van der Waals surface area contributed by atoms with Gasteiger partial charge >= 0.3 is 6.09 Å². The molecule has 0 aromatic heterocycles. The molecule has 2 rings (SSSR count). The maximum atomic E-state index is 12.3. The van der Waals surface area contributed by atoms with Gasteiger partial charge in [0.2, 0.25) is 0 Å². The van der Waals surface area contributed by atoms with Crippen LogP contribution in [0.5, 0.6) is 0 Å². The van der Waals surface area contributed by atoms with Crippen molar-refractivity contribution in [2.24, 2.45) is 11.8 Å². The van der Waals surface area contributed by atoms with Gasteiger partial charge in [-0.05, 0) is 63.9 Å². The Hall–Kier alpha value is -1.81. The fourth-order valence-electron chi connectivity index (χ4n) is 3.92. The van der Waals surface area contributed by atoms with E-state index < -0.39 is 17.8 Å². The maximum Gasteiger partial charge on any atom is 0.407 e. The lowest BCUT2D eigenvalue weighted by atomic mass is 9.75. The molecule has 0 radical (unpaired) electrons. The summed E-state index contributed by atoms with van der Waals surface area (Å²) in [5.41, 5.74) is 0.519. The summed E-state index contributed by atoms with van der Waals surface area (Å²) in [4.78, 5) is 12.3. The number of hydrogen-bond donors (Lipinski definition) is 2. The van der Waals surface area contributed by atoms with Crippen LogP contribution < -0.4 is 5.32 Å². The summed E-state index contributed by atoms with van der Waals surface area (Å²) in [7, 11) is 0. The van der Waals surface area contributed by atoms with Crippen LogP contribution >= 0.6 is 0 Å². The highest BCUT2D eigenvalue weighted by molar-refractivity contribution is 5.68. The molecule has 1 aromatic carbocycles. The zero-order valence-corrected chi connectivity index (χ0v) is 17.0. The number of alkyl carbamates (subject to hydrolysis) is 1. The minimum atomic E-state index is -0.622.